The highest BCUT2D eigenvalue weighted by molar-refractivity contribution is 8.00. The maximum Gasteiger partial charge on any atom is 0.325 e. The summed E-state index contributed by atoms with van der Waals surface area (Å²) in [6.45, 7) is -0.219. The van der Waals surface area contributed by atoms with Crippen LogP contribution in [0.25, 0.3) is 0 Å². The lowest BCUT2D eigenvalue weighted by Gasteiger charge is -2.08. The third-order valence-corrected chi connectivity index (χ3v) is 4.48. The number of anilines is 1. The van der Waals surface area contributed by atoms with Gasteiger partial charge in [-0.2, -0.15) is 0 Å². The van der Waals surface area contributed by atoms with E-state index in [1.165, 1.54) is 24.9 Å². The second-order valence-corrected chi connectivity index (χ2v) is 6.62. The Kier molecular flexibility index (Phi) is 7.50. The van der Waals surface area contributed by atoms with Gasteiger partial charge in [-0.15, -0.1) is 11.8 Å². The van der Waals surface area contributed by atoms with E-state index in [4.69, 9.17) is 11.6 Å². The summed E-state index contributed by atoms with van der Waals surface area (Å²) in [5, 5.41) is 5.82. The largest absolute Gasteiger partial charge is 0.468 e. The van der Waals surface area contributed by atoms with E-state index in [0.29, 0.717) is 16.3 Å². The molecule has 0 spiro atoms. The Morgan fingerprint density at radius 3 is 2.54 bits per heavy atom. The number of hydrogen-bond donors (Lipinski definition) is 2. The Morgan fingerprint density at radius 2 is 1.85 bits per heavy atom. The number of ether oxygens (including phenoxy) is 1. The van der Waals surface area contributed by atoms with Crippen molar-refractivity contribution in [2.45, 2.75) is 4.90 Å². The molecule has 0 aromatic heterocycles. The lowest BCUT2D eigenvalue weighted by atomic mass is 10.2. The normalized spacial score (nSPS) is 10.1. The van der Waals surface area contributed by atoms with Crippen molar-refractivity contribution < 1.29 is 19.1 Å². The lowest BCUT2D eigenvalue weighted by Crippen LogP contribution is -2.30. The smallest absolute Gasteiger partial charge is 0.325 e. The monoisotopic (exact) mass is 392 g/mol. The number of halogens is 1. The molecule has 26 heavy (non-hydrogen) atoms. The van der Waals surface area contributed by atoms with Gasteiger partial charge in [-0.1, -0.05) is 17.7 Å². The molecule has 0 bridgehead atoms. The number of amides is 2. The van der Waals surface area contributed by atoms with Gasteiger partial charge < -0.3 is 15.4 Å². The molecule has 6 nitrogen and oxygen atoms in total. The molecule has 2 rings (SSSR count). The highest BCUT2D eigenvalue weighted by Gasteiger charge is 2.10. The Bertz CT molecular complexity index is 796. The molecule has 2 amide bonds. The van der Waals surface area contributed by atoms with E-state index in [1.54, 1.807) is 30.3 Å². The fourth-order valence-electron chi connectivity index (χ4n) is 1.94. The Balaban J connectivity index is 1.88. The van der Waals surface area contributed by atoms with Crippen LogP contribution in [0, 0.1) is 0 Å². The molecule has 0 aliphatic carbocycles. The number of benzene rings is 2. The zero-order valence-corrected chi connectivity index (χ0v) is 15.5. The quantitative estimate of drug-likeness (QED) is 0.559. The minimum atomic E-state index is -0.540. The molecular formula is C18H17ClN2O4S. The maximum atomic E-state index is 12.1. The van der Waals surface area contributed by atoms with Gasteiger partial charge >= 0.3 is 5.97 Å². The molecule has 2 aromatic carbocycles. The summed E-state index contributed by atoms with van der Waals surface area (Å²) in [5.41, 5.74) is 0.828. The summed E-state index contributed by atoms with van der Waals surface area (Å²) in [6, 6.07) is 13.7. The van der Waals surface area contributed by atoms with Crippen LogP contribution in [0.3, 0.4) is 0 Å². The van der Waals surface area contributed by atoms with Gasteiger partial charge in [0.2, 0.25) is 5.91 Å². The number of esters is 1. The summed E-state index contributed by atoms with van der Waals surface area (Å²) in [6.07, 6.45) is 0. The Morgan fingerprint density at radius 1 is 1.12 bits per heavy atom. The van der Waals surface area contributed by atoms with Crippen molar-refractivity contribution in [2.24, 2.45) is 0 Å². The fourth-order valence-corrected chi connectivity index (χ4v) is 2.77. The summed E-state index contributed by atoms with van der Waals surface area (Å²) >= 11 is 7.20. The van der Waals surface area contributed by atoms with Gasteiger partial charge in [-0.25, -0.2) is 0 Å². The van der Waals surface area contributed by atoms with Crippen molar-refractivity contribution in [3.05, 3.63) is 59.1 Å². The third-order valence-electron chi connectivity index (χ3n) is 3.21. The third kappa shape index (κ3) is 6.42. The molecule has 0 fully saturated rings. The summed E-state index contributed by atoms with van der Waals surface area (Å²) in [7, 11) is 1.24. The number of hydrogen-bond acceptors (Lipinski definition) is 5. The lowest BCUT2D eigenvalue weighted by molar-refractivity contribution is -0.139. The second kappa shape index (κ2) is 9.84. The highest BCUT2D eigenvalue weighted by Crippen LogP contribution is 2.20. The summed E-state index contributed by atoms with van der Waals surface area (Å²) in [5.74, 6) is -0.943. The number of rotatable bonds is 7. The number of thioether (sulfide) groups is 1. The SMILES string of the molecule is COC(=O)CNC(=O)c1cccc(NC(=O)CSc2ccc(Cl)cc2)c1. The number of nitrogens with one attached hydrogen (secondary N) is 2. The van der Waals surface area contributed by atoms with Crippen LogP contribution in [0.1, 0.15) is 10.4 Å². The summed E-state index contributed by atoms with van der Waals surface area (Å²) in [4.78, 5) is 36.1. The van der Waals surface area contributed by atoms with E-state index in [2.05, 4.69) is 15.4 Å². The van der Waals surface area contributed by atoms with Crippen molar-refractivity contribution in [3.8, 4) is 0 Å². The van der Waals surface area contributed by atoms with E-state index >= 15 is 0 Å². The standard InChI is InChI=1S/C18H17ClN2O4S/c1-25-17(23)10-20-18(24)12-3-2-4-14(9-12)21-16(22)11-26-15-7-5-13(19)6-8-15/h2-9H,10-11H2,1H3,(H,20,24)(H,21,22). The van der Waals surface area contributed by atoms with Crippen LogP contribution in [-0.2, 0) is 14.3 Å². The molecule has 0 aliphatic rings. The molecule has 0 unspecified atom stereocenters. The number of carbonyl (C=O) groups is 3. The van der Waals surface area contributed by atoms with Crippen molar-refractivity contribution in [1.29, 1.82) is 0 Å². The average Bonchev–Trinajstić information content (AvgIpc) is 2.65. The fraction of sp³-hybridized carbons (Fsp3) is 0.167. The molecule has 0 saturated heterocycles. The van der Waals surface area contributed by atoms with Gasteiger partial charge in [0.25, 0.3) is 5.91 Å². The molecule has 2 N–H and O–H groups in total. The molecule has 136 valence electrons. The van der Waals surface area contributed by atoms with Crippen LogP contribution < -0.4 is 10.6 Å². The minimum absolute atomic E-state index is 0.197. The van der Waals surface area contributed by atoms with E-state index < -0.39 is 11.9 Å². The van der Waals surface area contributed by atoms with Crippen LogP contribution in [0.5, 0.6) is 0 Å². The number of carbonyl (C=O) groups excluding carboxylic acids is 3. The Labute approximate surface area is 160 Å². The van der Waals surface area contributed by atoms with Crippen molar-refractivity contribution in [3.63, 3.8) is 0 Å². The first-order chi connectivity index (χ1) is 12.5. The van der Waals surface area contributed by atoms with Crippen molar-refractivity contribution in [2.75, 3.05) is 24.7 Å². The predicted molar refractivity (Wildman–Crippen MR) is 102 cm³/mol. The summed E-state index contributed by atoms with van der Waals surface area (Å²) < 4.78 is 4.46. The van der Waals surface area contributed by atoms with Gasteiger partial charge in [-0.3, -0.25) is 14.4 Å². The average molecular weight is 393 g/mol. The van der Waals surface area contributed by atoms with E-state index in [0.717, 1.165) is 4.90 Å². The van der Waals surface area contributed by atoms with Gasteiger partial charge in [0.05, 0.1) is 12.9 Å². The van der Waals surface area contributed by atoms with Gasteiger partial charge in [-0.05, 0) is 42.5 Å². The van der Waals surface area contributed by atoms with Crippen LogP contribution in [0.15, 0.2) is 53.4 Å². The topological polar surface area (TPSA) is 84.5 Å². The minimum Gasteiger partial charge on any atom is -0.468 e. The predicted octanol–water partition coefficient (Wildman–Crippen LogP) is 2.97. The molecule has 8 heteroatoms. The Hall–Kier alpha value is -2.51. The van der Waals surface area contributed by atoms with Crippen molar-refractivity contribution in [1.82, 2.24) is 5.32 Å². The molecule has 0 saturated carbocycles. The van der Waals surface area contributed by atoms with Crippen LogP contribution in [0.4, 0.5) is 5.69 Å². The van der Waals surface area contributed by atoms with Crippen LogP contribution in [-0.4, -0.2) is 37.2 Å². The van der Waals surface area contributed by atoms with Crippen LogP contribution >= 0.6 is 23.4 Å². The zero-order chi connectivity index (χ0) is 18.9. The highest BCUT2D eigenvalue weighted by atomic mass is 35.5. The first-order valence-corrected chi connectivity index (χ1v) is 8.97. The molecular weight excluding hydrogens is 376 g/mol. The molecule has 0 heterocycles. The first-order valence-electron chi connectivity index (χ1n) is 7.61. The van der Waals surface area contributed by atoms with Gasteiger partial charge in [0.1, 0.15) is 6.54 Å². The van der Waals surface area contributed by atoms with Gasteiger partial charge in [0.15, 0.2) is 0 Å². The number of methoxy groups -OCH3 is 1. The molecule has 0 atom stereocenters. The van der Waals surface area contributed by atoms with Crippen LogP contribution in [0.2, 0.25) is 5.02 Å². The van der Waals surface area contributed by atoms with E-state index in [9.17, 15) is 14.4 Å². The van der Waals surface area contributed by atoms with E-state index in [-0.39, 0.29) is 18.2 Å². The zero-order valence-electron chi connectivity index (χ0n) is 14.0. The first kappa shape index (κ1) is 19.8. The van der Waals surface area contributed by atoms with E-state index in [1.807, 2.05) is 12.1 Å². The van der Waals surface area contributed by atoms with Gasteiger partial charge in [0, 0.05) is 21.2 Å². The molecule has 0 radical (unpaired) electrons. The second-order valence-electron chi connectivity index (χ2n) is 5.13. The molecule has 2 aromatic rings. The van der Waals surface area contributed by atoms with Crippen molar-refractivity contribution >= 4 is 46.8 Å². The molecule has 0 aliphatic heterocycles. The maximum absolute atomic E-state index is 12.1.